The van der Waals surface area contributed by atoms with Crippen molar-refractivity contribution in [2.24, 2.45) is 5.92 Å². The van der Waals surface area contributed by atoms with Crippen LogP contribution in [0.4, 0.5) is 5.69 Å². The monoisotopic (exact) mass is 414 g/mol. The van der Waals surface area contributed by atoms with E-state index in [0.29, 0.717) is 26.3 Å². The molecule has 5 nitrogen and oxygen atoms in total. The van der Waals surface area contributed by atoms with E-state index >= 15 is 0 Å². The zero-order valence-corrected chi connectivity index (χ0v) is 17.4. The van der Waals surface area contributed by atoms with Crippen molar-refractivity contribution in [3.63, 3.8) is 0 Å². The Balaban J connectivity index is 1.34. The second-order valence-corrected chi connectivity index (χ2v) is 7.79. The van der Waals surface area contributed by atoms with Gasteiger partial charge >= 0.3 is 0 Å². The Morgan fingerprint density at radius 2 is 1.52 bits per heavy atom. The van der Waals surface area contributed by atoms with Crippen LogP contribution in [0, 0.1) is 5.92 Å². The first-order chi connectivity index (χ1) is 15.2. The second kappa shape index (κ2) is 10.0. The van der Waals surface area contributed by atoms with Gasteiger partial charge in [-0.3, -0.25) is 9.59 Å². The first-order valence-corrected chi connectivity index (χ1v) is 10.5. The zero-order valence-electron chi connectivity index (χ0n) is 17.4. The number of nitrogens with zero attached hydrogens (tertiary/aromatic N) is 1. The van der Waals surface area contributed by atoms with Crippen molar-refractivity contribution in [1.29, 1.82) is 0 Å². The minimum atomic E-state index is -0.352. The van der Waals surface area contributed by atoms with Crippen LogP contribution in [0.5, 0.6) is 0 Å². The summed E-state index contributed by atoms with van der Waals surface area (Å²) in [5, 5.41) is 3.01. The molecule has 1 saturated heterocycles. The number of carbonyl (C=O) groups is 2. The number of rotatable bonds is 8. The maximum Gasteiger partial charge on any atom is 0.229 e. The highest BCUT2D eigenvalue weighted by Crippen LogP contribution is 2.23. The molecule has 0 saturated carbocycles. The first-order valence-electron chi connectivity index (χ1n) is 10.5. The second-order valence-electron chi connectivity index (χ2n) is 7.79. The molecule has 1 heterocycles. The predicted octanol–water partition coefficient (Wildman–Crippen LogP) is 4.39. The van der Waals surface area contributed by atoms with Gasteiger partial charge in [-0.15, -0.1) is 0 Å². The molecule has 2 amide bonds. The van der Waals surface area contributed by atoms with Crippen LogP contribution in [-0.2, 0) is 34.1 Å². The van der Waals surface area contributed by atoms with E-state index in [1.54, 1.807) is 4.90 Å². The van der Waals surface area contributed by atoms with Gasteiger partial charge in [0.15, 0.2) is 0 Å². The summed E-state index contributed by atoms with van der Waals surface area (Å²) in [6, 6.07) is 27.5. The van der Waals surface area contributed by atoms with E-state index < -0.39 is 0 Å². The number of hydrogen-bond acceptors (Lipinski definition) is 3. The number of nitrogens with one attached hydrogen (secondary N) is 1. The molecule has 158 valence electrons. The Bertz CT molecular complexity index is 1020. The molecule has 0 spiro atoms. The molecule has 1 atom stereocenters. The lowest BCUT2D eigenvalue weighted by Gasteiger charge is -2.17. The molecule has 0 bridgehead atoms. The van der Waals surface area contributed by atoms with Crippen LogP contribution in [0.15, 0.2) is 84.9 Å². The molecule has 0 aromatic heterocycles. The Morgan fingerprint density at radius 1 is 0.871 bits per heavy atom. The van der Waals surface area contributed by atoms with E-state index in [9.17, 15) is 9.59 Å². The fourth-order valence-electron chi connectivity index (χ4n) is 3.76. The minimum Gasteiger partial charge on any atom is -0.372 e. The number of carbonyl (C=O) groups excluding carboxylic acids is 2. The van der Waals surface area contributed by atoms with Crippen LogP contribution in [0.1, 0.15) is 23.1 Å². The highest BCUT2D eigenvalue weighted by molar-refractivity contribution is 5.97. The van der Waals surface area contributed by atoms with Gasteiger partial charge in [-0.05, 0) is 17.2 Å². The SMILES string of the molecule is O=C(Nc1ccccc1COCc1ccccc1)C1CC(=O)N(Cc2ccccc2)C1. The van der Waals surface area contributed by atoms with Gasteiger partial charge in [-0.1, -0.05) is 78.9 Å². The summed E-state index contributed by atoms with van der Waals surface area (Å²) in [7, 11) is 0. The van der Waals surface area contributed by atoms with Gasteiger partial charge in [-0.25, -0.2) is 0 Å². The highest BCUT2D eigenvalue weighted by Gasteiger charge is 2.34. The molecule has 3 aromatic rings. The Kier molecular flexibility index (Phi) is 6.75. The molecule has 0 aliphatic carbocycles. The number of para-hydroxylation sites is 1. The maximum absolute atomic E-state index is 12.9. The van der Waals surface area contributed by atoms with Crippen molar-refractivity contribution in [2.75, 3.05) is 11.9 Å². The van der Waals surface area contributed by atoms with Crippen LogP contribution in [0.2, 0.25) is 0 Å². The largest absolute Gasteiger partial charge is 0.372 e. The average molecular weight is 415 g/mol. The third-order valence-corrected chi connectivity index (χ3v) is 5.45. The molecule has 31 heavy (non-hydrogen) atoms. The fraction of sp³-hybridized carbons (Fsp3) is 0.231. The van der Waals surface area contributed by atoms with E-state index in [0.717, 1.165) is 22.4 Å². The smallest absolute Gasteiger partial charge is 0.229 e. The molecule has 1 fully saturated rings. The van der Waals surface area contributed by atoms with Crippen molar-refractivity contribution < 1.29 is 14.3 Å². The Hall–Kier alpha value is -3.44. The van der Waals surface area contributed by atoms with Crippen molar-refractivity contribution in [2.45, 2.75) is 26.2 Å². The Labute approximate surface area is 182 Å². The topological polar surface area (TPSA) is 58.6 Å². The molecule has 1 unspecified atom stereocenters. The summed E-state index contributed by atoms with van der Waals surface area (Å²) < 4.78 is 5.84. The van der Waals surface area contributed by atoms with Gasteiger partial charge in [0.2, 0.25) is 11.8 Å². The molecule has 1 aliphatic rings. The van der Waals surface area contributed by atoms with Crippen molar-refractivity contribution in [3.8, 4) is 0 Å². The number of anilines is 1. The van der Waals surface area contributed by atoms with E-state index in [1.165, 1.54) is 0 Å². The van der Waals surface area contributed by atoms with Crippen molar-refractivity contribution in [1.82, 2.24) is 4.90 Å². The van der Waals surface area contributed by atoms with Gasteiger partial charge in [0.05, 0.1) is 19.1 Å². The number of amides is 2. The van der Waals surface area contributed by atoms with Gasteiger partial charge < -0.3 is 15.0 Å². The molecule has 5 heteroatoms. The molecule has 1 N–H and O–H groups in total. The molecule has 3 aromatic carbocycles. The zero-order chi connectivity index (χ0) is 21.5. The fourth-order valence-corrected chi connectivity index (χ4v) is 3.76. The normalized spacial score (nSPS) is 15.8. The number of likely N-dealkylation sites (tertiary alicyclic amines) is 1. The van der Waals surface area contributed by atoms with Crippen LogP contribution in [0.3, 0.4) is 0 Å². The van der Waals surface area contributed by atoms with Crippen LogP contribution in [0.25, 0.3) is 0 Å². The summed E-state index contributed by atoms with van der Waals surface area (Å²) >= 11 is 0. The van der Waals surface area contributed by atoms with Gasteiger partial charge in [-0.2, -0.15) is 0 Å². The standard InChI is InChI=1S/C26H26N2O3/c29-25-15-23(17-28(25)16-20-9-3-1-4-10-20)26(30)27-24-14-8-7-13-22(24)19-31-18-21-11-5-2-6-12-21/h1-14,23H,15-19H2,(H,27,30). The predicted molar refractivity (Wildman–Crippen MR) is 120 cm³/mol. The maximum atomic E-state index is 12.9. The van der Waals surface area contributed by atoms with Crippen molar-refractivity contribution in [3.05, 3.63) is 102 Å². The lowest BCUT2D eigenvalue weighted by molar-refractivity contribution is -0.128. The third-order valence-electron chi connectivity index (χ3n) is 5.45. The van der Waals surface area contributed by atoms with Crippen LogP contribution in [-0.4, -0.2) is 23.3 Å². The molecule has 1 aliphatic heterocycles. The third kappa shape index (κ3) is 5.58. The summed E-state index contributed by atoms with van der Waals surface area (Å²) in [6.07, 6.45) is 0.241. The molecular weight excluding hydrogens is 388 g/mol. The van der Waals surface area contributed by atoms with Gasteiger partial charge in [0.1, 0.15) is 0 Å². The van der Waals surface area contributed by atoms with E-state index in [-0.39, 0.29) is 24.2 Å². The first kappa shape index (κ1) is 20.8. The number of hydrogen-bond donors (Lipinski definition) is 1. The quantitative estimate of drug-likeness (QED) is 0.595. The summed E-state index contributed by atoms with van der Waals surface area (Å²) in [6.45, 7) is 1.88. The summed E-state index contributed by atoms with van der Waals surface area (Å²) in [5.41, 5.74) is 3.82. The average Bonchev–Trinajstić information content (AvgIpc) is 3.17. The van der Waals surface area contributed by atoms with Gasteiger partial charge in [0.25, 0.3) is 0 Å². The number of ether oxygens (including phenoxy) is 1. The van der Waals surface area contributed by atoms with E-state index in [2.05, 4.69) is 5.32 Å². The van der Waals surface area contributed by atoms with Crippen molar-refractivity contribution >= 4 is 17.5 Å². The molecule has 4 rings (SSSR count). The molecular formula is C26H26N2O3. The van der Waals surface area contributed by atoms with Crippen LogP contribution < -0.4 is 5.32 Å². The van der Waals surface area contributed by atoms with Crippen LogP contribution >= 0.6 is 0 Å². The Morgan fingerprint density at radius 3 is 2.26 bits per heavy atom. The number of benzene rings is 3. The van der Waals surface area contributed by atoms with Gasteiger partial charge in [0, 0.05) is 30.8 Å². The molecule has 0 radical (unpaired) electrons. The minimum absolute atomic E-state index is 0.0171. The lowest BCUT2D eigenvalue weighted by atomic mass is 10.1. The van der Waals surface area contributed by atoms with E-state index in [4.69, 9.17) is 4.74 Å². The lowest BCUT2D eigenvalue weighted by Crippen LogP contribution is -2.28. The summed E-state index contributed by atoms with van der Waals surface area (Å²) in [5.74, 6) is -0.461. The summed E-state index contributed by atoms with van der Waals surface area (Å²) in [4.78, 5) is 27.0. The van der Waals surface area contributed by atoms with E-state index in [1.807, 2.05) is 84.9 Å². The highest BCUT2D eigenvalue weighted by atomic mass is 16.5.